The minimum atomic E-state index is 0.451. The molecule has 1 aliphatic rings. The van der Waals surface area contributed by atoms with Gasteiger partial charge in [-0.15, -0.1) is 0 Å². The molecule has 0 saturated carbocycles. The van der Waals surface area contributed by atoms with E-state index in [9.17, 15) is 0 Å². The van der Waals surface area contributed by atoms with Crippen molar-refractivity contribution in [3.05, 3.63) is 205 Å². The van der Waals surface area contributed by atoms with Gasteiger partial charge in [-0.25, -0.2) is 0 Å². The van der Waals surface area contributed by atoms with Gasteiger partial charge in [0.2, 0.25) is 0 Å². The van der Waals surface area contributed by atoms with Crippen LogP contribution in [0, 0.1) is 0 Å². The monoisotopic (exact) mass is 691 g/mol. The smallest absolute Gasteiger partial charge is 0.0562 e. The van der Waals surface area contributed by atoms with Crippen molar-refractivity contribution in [2.75, 3.05) is 11.4 Å². The van der Waals surface area contributed by atoms with E-state index in [2.05, 4.69) is 208 Å². The standard InChI is InChI=1S/C51H37N3/c1-3-13-35(14-4-1)39-31-38-15-7-10-20-47(38)52(34-39)40-27-23-36(24-28-40)37-25-29-42(30-26-37)54-49-22-12-9-19-44(49)46-32-45-43-18-8-11-21-48(43)53(50(45)33-51(46)54)41-16-5-2-6-17-41/h1-30,32-33,39H,31,34H2. The summed E-state index contributed by atoms with van der Waals surface area (Å²) in [6.07, 6.45) is 1.06. The maximum atomic E-state index is 2.50. The van der Waals surface area contributed by atoms with E-state index in [4.69, 9.17) is 0 Å². The minimum absolute atomic E-state index is 0.451. The normalized spacial score (nSPS) is 14.3. The first-order valence-electron chi connectivity index (χ1n) is 18.9. The lowest BCUT2D eigenvalue weighted by Gasteiger charge is -2.36. The first-order valence-corrected chi connectivity index (χ1v) is 18.9. The molecule has 1 aliphatic heterocycles. The summed E-state index contributed by atoms with van der Waals surface area (Å²) < 4.78 is 4.84. The molecule has 11 rings (SSSR count). The van der Waals surface area contributed by atoms with Gasteiger partial charge in [-0.1, -0.05) is 127 Å². The topological polar surface area (TPSA) is 13.1 Å². The average Bonchev–Trinajstić information content (AvgIpc) is 3.75. The second-order valence-electron chi connectivity index (χ2n) is 14.6. The molecule has 54 heavy (non-hydrogen) atoms. The van der Waals surface area contributed by atoms with Crippen LogP contribution in [0.25, 0.3) is 66.1 Å². The summed E-state index contributed by atoms with van der Waals surface area (Å²) >= 11 is 0. The second-order valence-corrected chi connectivity index (χ2v) is 14.6. The first kappa shape index (κ1) is 30.8. The third kappa shape index (κ3) is 4.89. The molecule has 0 aliphatic carbocycles. The predicted octanol–water partition coefficient (Wildman–Crippen LogP) is 13.0. The van der Waals surface area contributed by atoms with Gasteiger partial charge in [-0.05, 0) is 95.4 Å². The summed E-state index contributed by atoms with van der Waals surface area (Å²) in [5.41, 5.74) is 14.9. The van der Waals surface area contributed by atoms with Crippen molar-refractivity contribution < 1.29 is 0 Å². The molecule has 0 bridgehead atoms. The molecular formula is C51H37N3. The molecule has 3 nitrogen and oxygen atoms in total. The highest BCUT2D eigenvalue weighted by atomic mass is 15.1. The summed E-state index contributed by atoms with van der Waals surface area (Å²) in [6.45, 7) is 0.965. The highest BCUT2D eigenvalue weighted by Crippen LogP contribution is 2.41. The summed E-state index contributed by atoms with van der Waals surface area (Å²) in [5, 5.41) is 5.07. The van der Waals surface area contributed by atoms with Gasteiger partial charge < -0.3 is 14.0 Å². The van der Waals surface area contributed by atoms with E-state index in [-0.39, 0.29) is 0 Å². The minimum Gasteiger partial charge on any atom is -0.341 e. The van der Waals surface area contributed by atoms with Crippen molar-refractivity contribution in [3.8, 4) is 22.5 Å². The fraction of sp³-hybridized carbons (Fsp3) is 0.0588. The van der Waals surface area contributed by atoms with Gasteiger partial charge >= 0.3 is 0 Å². The van der Waals surface area contributed by atoms with Gasteiger partial charge in [0.1, 0.15) is 0 Å². The zero-order chi connectivity index (χ0) is 35.6. The van der Waals surface area contributed by atoms with Crippen molar-refractivity contribution in [1.82, 2.24) is 9.13 Å². The highest BCUT2D eigenvalue weighted by molar-refractivity contribution is 6.19. The number of hydrogen-bond donors (Lipinski definition) is 0. The van der Waals surface area contributed by atoms with E-state index in [1.165, 1.54) is 82.9 Å². The Kier molecular flexibility index (Phi) is 7.06. The molecule has 3 heteroatoms. The van der Waals surface area contributed by atoms with Crippen molar-refractivity contribution in [2.45, 2.75) is 12.3 Å². The van der Waals surface area contributed by atoms with Crippen molar-refractivity contribution in [2.24, 2.45) is 0 Å². The van der Waals surface area contributed by atoms with Gasteiger partial charge in [0, 0.05) is 56.8 Å². The van der Waals surface area contributed by atoms with E-state index in [1.807, 2.05) is 0 Å². The average molecular weight is 692 g/mol. The van der Waals surface area contributed by atoms with Crippen LogP contribution in [0.2, 0.25) is 0 Å². The molecule has 8 aromatic carbocycles. The number of para-hydroxylation sites is 4. The van der Waals surface area contributed by atoms with Crippen LogP contribution in [0.5, 0.6) is 0 Å². The number of hydrogen-bond acceptors (Lipinski definition) is 1. The van der Waals surface area contributed by atoms with Crippen LogP contribution in [0.3, 0.4) is 0 Å². The maximum Gasteiger partial charge on any atom is 0.0562 e. The predicted molar refractivity (Wildman–Crippen MR) is 227 cm³/mol. The lowest BCUT2D eigenvalue weighted by molar-refractivity contribution is 0.653. The van der Waals surface area contributed by atoms with Crippen LogP contribution >= 0.6 is 0 Å². The fourth-order valence-corrected chi connectivity index (χ4v) is 8.99. The second kappa shape index (κ2) is 12.4. The van der Waals surface area contributed by atoms with Crippen LogP contribution in [-0.2, 0) is 6.42 Å². The Hall–Kier alpha value is -6.84. The molecule has 3 heterocycles. The molecule has 0 spiro atoms. The summed E-state index contributed by atoms with van der Waals surface area (Å²) in [4.78, 5) is 2.50. The number of nitrogens with zero attached hydrogens (tertiary/aromatic N) is 3. The molecule has 0 amide bonds. The van der Waals surface area contributed by atoms with Crippen molar-refractivity contribution in [1.29, 1.82) is 0 Å². The van der Waals surface area contributed by atoms with E-state index in [0.29, 0.717) is 5.92 Å². The number of aromatic nitrogens is 2. The van der Waals surface area contributed by atoms with Crippen LogP contribution in [0.4, 0.5) is 11.4 Å². The summed E-state index contributed by atoms with van der Waals surface area (Å²) in [6, 6.07) is 71.2. The molecule has 256 valence electrons. The van der Waals surface area contributed by atoms with E-state index >= 15 is 0 Å². The first-order chi connectivity index (χ1) is 26.8. The number of fused-ring (bicyclic) bond motifs is 7. The van der Waals surface area contributed by atoms with Crippen LogP contribution < -0.4 is 4.90 Å². The molecule has 0 saturated heterocycles. The quantitative estimate of drug-likeness (QED) is 0.175. The highest BCUT2D eigenvalue weighted by Gasteiger charge is 2.26. The molecule has 0 N–H and O–H groups in total. The van der Waals surface area contributed by atoms with Gasteiger partial charge in [-0.2, -0.15) is 0 Å². The lowest BCUT2D eigenvalue weighted by Crippen LogP contribution is -2.30. The Labute approximate surface area is 314 Å². The summed E-state index contributed by atoms with van der Waals surface area (Å²) in [5.74, 6) is 0.451. The van der Waals surface area contributed by atoms with Gasteiger partial charge in [0.15, 0.2) is 0 Å². The Balaban J connectivity index is 0.982. The zero-order valence-corrected chi connectivity index (χ0v) is 29.8. The lowest BCUT2D eigenvalue weighted by atomic mass is 9.87. The third-order valence-corrected chi connectivity index (χ3v) is 11.5. The largest absolute Gasteiger partial charge is 0.341 e. The molecule has 1 unspecified atom stereocenters. The Bertz CT molecular complexity index is 2970. The summed E-state index contributed by atoms with van der Waals surface area (Å²) in [7, 11) is 0. The SMILES string of the molecule is c1ccc(C2Cc3ccccc3N(c3ccc(-c4ccc(-n5c6ccccc6c6cc7c8ccccc8n(-c8ccccc8)c7cc65)cc4)cc3)C2)cc1. The third-order valence-electron chi connectivity index (χ3n) is 11.5. The number of anilines is 2. The van der Waals surface area contributed by atoms with Gasteiger partial charge in [-0.3, -0.25) is 0 Å². The van der Waals surface area contributed by atoms with Crippen molar-refractivity contribution >= 4 is 55.0 Å². The van der Waals surface area contributed by atoms with Gasteiger partial charge in [0.05, 0.1) is 22.1 Å². The van der Waals surface area contributed by atoms with Gasteiger partial charge in [0.25, 0.3) is 0 Å². The zero-order valence-electron chi connectivity index (χ0n) is 29.8. The van der Waals surface area contributed by atoms with E-state index in [1.54, 1.807) is 0 Å². The number of benzene rings is 8. The molecule has 2 aromatic heterocycles. The molecule has 0 fully saturated rings. The molecule has 0 radical (unpaired) electrons. The maximum absolute atomic E-state index is 2.50. The van der Waals surface area contributed by atoms with E-state index in [0.717, 1.165) is 18.7 Å². The molecule has 10 aromatic rings. The fourth-order valence-electron chi connectivity index (χ4n) is 8.99. The Morgan fingerprint density at radius 1 is 0.370 bits per heavy atom. The molecular weight excluding hydrogens is 655 g/mol. The van der Waals surface area contributed by atoms with Crippen LogP contribution in [0.1, 0.15) is 17.0 Å². The van der Waals surface area contributed by atoms with Crippen LogP contribution in [0.15, 0.2) is 194 Å². The van der Waals surface area contributed by atoms with Crippen LogP contribution in [-0.4, -0.2) is 15.7 Å². The van der Waals surface area contributed by atoms with E-state index < -0.39 is 0 Å². The number of rotatable bonds is 5. The molecule has 1 atom stereocenters. The Morgan fingerprint density at radius 2 is 0.870 bits per heavy atom. The Morgan fingerprint density at radius 3 is 1.50 bits per heavy atom. The van der Waals surface area contributed by atoms with Crippen molar-refractivity contribution in [3.63, 3.8) is 0 Å².